The van der Waals surface area contributed by atoms with E-state index in [-0.39, 0.29) is 48.3 Å². The van der Waals surface area contributed by atoms with Crippen molar-refractivity contribution in [3.8, 4) is 0 Å². The highest BCUT2D eigenvalue weighted by Gasteiger charge is 2.33. The number of hydrogen-bond donors (Lipinski definition) is 2. The Hall–Kier alpha value is -1.72. The lowest BCUT2D eigenvalue weighted by Gasteiger charge is -2.39. The zero-order valence-corrected chi connectivity index (χ0v) is 18.5. The minimum Gasteiger partial charge on any atom is -0.353 e. The summed E-state index contributed by atoms with van der Waals surface area (Å²) in [6, 6.07) is 0.369. The SMILES string of the molecule is CC(=O)CC(=O)N[C@H]1CC[C@H](C[C@@H]2CC[C@H](NC(=O)CC(C)=O)[C@H](C)C2)C[C@H]1C. The van der Waals surface area contributed by atoms with Crippen LogP contribution in [0.15, 0.2) is 0 Å². The number of Topliss-reactive ketones (excluding diaryl/α,β-unsaturated/α-hetero) is 2. The molecule has 0 bridgehead atoms. The molecule has 6 heteroatoms. The Balaban J connectivity index is 1.74. The Kier molecular flexibility index (Phi) is 8.84. The zero-order chi connectivity index (χ0) is 21.6. The van der Waals surface area contributed by atoms with E-state index in [1.165, 1.54) is 20.3 Å². The molecule has 0 aromatic heterocycles. The molecule has 0 aromatic rings. The monoisotopic (exact) mass is 406 g/mol. The van der Waals surface area contributed by atoms with Gasteiger partial charge in [-0.05, 0) is 82.5 Å². The van der Waals surface area contributed by atoms with Gasteiger partial charge in [-0.2, -0.15) is 0 Å². The summed E-state index contributed by atoms with van der Waals surface area (Å²) in [5.74, 6) is 1.77. The van der Waals surface area contributed by atoms with Crippen molar-refractivity contribution in [3.05, 3.63) is 0 Å². The van der Waals surface area contributed by atoms with Gasteiger partial charge in [0.05, 0.1) is 12.8 Å². The van der Waals surface area contributed by atoms with Crippen molar-refractivity contribution in [2.45, 2.75) is 97.6 Å². The molecule has 29 heavy (non-hydrogen) atoms. The van der Waals surface area contributed by atoms with Crippen molar-refractivity contribution >= 4 is 23.4 Å². The van der Waals surface area contributed by atoms with Gasteiger partial charge < -0.3 is 10.6 Å². The molecular formula is C23H38N2O4. The van der Waals surface area contributed by atoms with Crippen molar-refractivity contribution in [2.75, 3.05) is 0 Å². The van der Waals surface area contributed by atoms with Crippen LogP contribution in [0, 0.1) is 23.7 Å². The molecule has 0 spiro atoms. The fourth-order valence-electron chi connectivity index (χ4n) is 5.31. The number of rotatable bonds is 8. The van der Waals surface area contributed by atoms with E-state index in [2.05, 4.69) is 24.5 Å². The highest BCUT2D eigenvalue weighted by molar-refractivity contribution is 5.97. The average Bonchev–Trinajstić information content (AvgIpc) is 2.58. The van der Waals surface area contributed by atoms with Gasteiger partial charge in [0.2, 0.25) is 11.8 Å². The van der Waals surface area contributed by atoms with Gasteiger partial charge in [-0.25, -0.2) is 0 Å². The van der Waals surface area contributed by atoms with Gasteiger partial charge in [0, 0.05) is 12.1 Å². The highest BCUT2D eigenvalue weighted by Crippen LogP contribution is 2.39. The number of nitrogens with one attached hydrogen (secondary N) is 2. The topological polar surface area (TPSA) is 92.3 Å². The maximum atomic E-state index is 11.9. The maximum absolute atomic E-state index is 11.9. The first-order valence-corrected chi connectivity index (χ1v) is 11.2. The van der Waals surface area contributed by atoms with E-state index >= 15 is 0 Å². The van der Waals surface area contributed by atoms with Crippen LogP contribution in [-0.2, 0) is 19.2 Å². The van der Waals surface area contributed by atoms with E-state index in [0.29, 0.717) is 23.7 Å². The lowest BCUT2D eigenvalue weighted by Crippen LogP contribution is -2.44. The first-order valence-electron chi connectivity index (χ1n) is 11.2. The second kappa shape index (κ2) is 10.9. The molecule has 0 aliphatic heterocycles. The third kappa shape index (κ3) is 7.90. The molecule has 2 amide bonds. The predicted molar refractivity (Wildman–Crippen MR) is 112 cm³/mol. The summed E-state index contributed by atoms with van der Waals surface area (Å²) in [4.78, 5) is 46.0. The van der Waals surface area contributed by atoms with Crippen LogP contribution in [0.3, 0.4) is 0 Å². The van der Waals surface area contributed by atoms with Crippen LogP contribution in [0.2, 0.25) is 0 Å². The second-order valence-corrected chi connectivity index (χ2v) is 9.65. The lowest BCUT2D eigenvalue weighted by molar-refractivity contribution is -0.129. The summed E-state index contributed by atoms with van der Waals surface area (Å²) in [6.45, 7) is 7.30. The molecule has 164 valence electrons. The number of amides is 2. The largest absolute Gasteiger partial charge is 0.353 e. The lowest BCUT2D eigenvalue weighted by atomic mass is 9.70. The fourth-order valence-corrected chi connectivity index (χ4v) is 5.31. The zero-order valence-electron chi connectivity index (χ0n) is 18.5. The molecule has 2 aliphatic carbocycles. The van der Waals surface area contributed by atoms with Crippen LogP contribution in [0.5, 0.6) is 0 Å². The van der Waals surface area contributed by atoms with E-state index in [9.17, 15) is 19.2 Å². The Morgan fingerprint density at radius 1 is 0.690 bits per heavy atom. The normalized spacial score (nSPS) is 32.3. The van der Waals surface area contributed by atoms with E-state index in [4.69, 9.17) is 0 Å². The van der Waals surface area contributed by atoms with Gasteiger partial charge in [-0.15, -0.1) is 0 Å². The smallest absolute Gasteiger partial charge is 0.227 e. The molecule has 2 N–H and O–H groups in total. The third-order valence-electron chi connectivity index (χ3n) is 6.73. The molecule has 2 fully saturated rings. The summed E-state index contributed by atoms with van der Waals surface area (Å²) in [7, 11) is 0. The fraction of sp³-hybridized carbons (Fsp3) is 0.826. The summed E-state index contributed by atoms with van der Waals surface area (Å²) < 4.78 is 0. The molecule has 0 heterocycles. The minimum atomic E-state index is -0.147. The van der Waals surface area contributed by atoms with Crippen LogP contribution in [0.4, 0.5) is 0 Å². The molecule has 2 saturated carbocycles. The van der Waals surface area contributed by atoms with Crippen molar-refractivity contribution in [2.24, 2.45) is 23.7 Å². The summed E-state index contributed by atoms with van der Waals surface area (Å²) in [5, 5.41) is 6.09. The Labute approximate surface area is 175 Å². The van der Waals surface area contributed by atoms with Crippen molar-refractivity contribution in [3.63, 3.8) is 0 Å². The third-order valence-corrected chi connectivity index (χ3v) is 6.73. The number of carbonyl (C=O) groups is 4. The molecule has 0 radical (unpaired) electrons. The quantitative estimate of drug-likeness (QED) is 0.606. The number of ketones is 2. The predicted octanol–water partition coefficient (Wildman–Crippen LogP) is 3.18. The van der Waals surface area contributed by atoms with Gasteiger partial charge in [0.1, 0.15) is 11.6 Å². The molecule has 6 atom stereocenters. The molecule has 6 nitrogen and oxygen atoms in total. The standard InChI is InChI=1S/C23H38N2O4/c1-14-9-18(5-7-20(14)24-22(28)11-16(3)26)13-19-6-8-21(15(2)10-19)25-23(29)12-17(4)27/h14-15,18-21H,5-13H2,1-4H3,(H,24,28)(H,25,29)/t14-,15-,18-,19+,20+,21+/m1/s1. The van der Waals surface area contributed by atoms with Crippen LogP contribution in [0.1, 0.15) is 85.5 Å². The van der Waals surface area contributed by atoms with Gasteiger partial charge in [0.25, 0.3) is 0 Å². The van der Waals surface area contributed by atoms with E-state index in [0.717, 1.165) is 38.5 Å². The Morgan fingerprint density at radius 2 is 1.07 bits per heavy atom. The number of carbonyl (C=O) groups excluding carboxylic acids is 4. The highest BCUT2D eigenvalue weighted by atomic mass is 16.2. The summed E-state index contributed by atoms with van der Waals surface area (Å²) in [5.41, 5.74) is 0. The van der Waals surface area contributed by atoms with Crippen molar-refractivity contribution < 1.29 is 19.2 Å². The molecule has 2 rings (SSSR count). The van der Waals surface area contributed by atoms with Gasteiger partial charge in [0.15, 0.2) is 0 Å². The first kappa shape index (κ1) is 23.6. The van der Waals surface area contributed by atoms with Crippen molar-refractivity contribution in [1.29, 1.82) is 0 Å². The Morgan fingerprint density at radius 3 is 1.38 bits per heavy atom. The number of hydrogen-bond acceptors (Lipinski definition) is 4. The maximum Gasteiger partial charge on any atom is 0.227 e. The summed E-state index contributed by atoms with van der Waals surface area (Å²) >= 11 is 0. The van der Waals surface area contributed by atoms with Crippen LogP contribution in [-0.4, -0.2) is 35.5 Å². The molecule has 0 unspecified atom stereocenters. The Bertz CT molecular complexity index is 566. The first-order chi connectivity index (χ1) is 13.6. The second-order valence-electron chi connectivity index (χ2n) is 9.65. The van der Waals surface area contributed by atoms with Gasteiger partial charge >= 0.3 is 0 Å². The van der Waals surface area contributed by atoms with Crippen LogP contribution in [0.25, 0.3) is 0 Å². The van der Waals surface area contributed by atoms with Crippen LogP contribution < -0.4 is 10.6 Å². The molecule has 0 aromatic carbocycles. The molecular weight excluding hydrogens is 368 g/mol. The molecule has 2 aliphatic rings. The van der Waals surface area contributed by atoms with Gasteiger partial charge in [-0.3, -0.25) is 19.2 Å². The summed E-state index contributed by atoms with van der Waals surface area (Å²) in [6.07, 6.45) is 7.65. The molecule has 0 saturated heterocycles. The average molecular weight is 407 g/mol. The van der Waals surface area contributed by atoms with E-state index < -0.39 is 0 Å². The van der Waals surface area contributed by atoms with Gasteiger partial charge in [-0.1, -0.05) is 13.8 Å². The van der Waals surface area contributed by atoms with Crippen LogP contribution >= 0.6 is 0 Å². The van der Waals surface area contributed by atoms with Crippen molar-refractivity contribution in [1.82, 2.24) is 10.6 Å². The van der Waals surface area contributed by atoms with E-state index in [1.54, 1.807) is 0 Å². The van der Waals surface area contributed by atoms with E-state index in [1.807, 2.05) is 0 Å². The minimum absolute atomic E-state index is 0.0171.